The average Bonchev–Trinajstić information content (AvgIpc) is 2.60. The molecule has 0 bridgehead atoms. The predicted molar refractivity (Wildman–Crippen MR) is 106 cm³/mol. The molecule has 0 aromatic heterocycles. The molecule has 0 aliphatic carbocycles. The van der Waals surface area contributed by atoms with E-state index < -0.39 is 0 Å². The van der Waals surface area contributed by atoms with Crippen molar-refractivity contribution >= 4 is 27.6 Å². The molecule has 0 fully saturated rings. The Morgan fingerprint density at radius 2 is 1.88 bits per heavy atom. The van der Waals surface area contributed by atoms with Gasteiger partial charge in [0.1, 0.15) is 0 Å². The Morgan fingerprint density at radius 1 is 1.16 bits per heavy atom. The molecule has 3 nitrogen and oxygen atoms in total. The van der Waals surface area contributed by atoms with Crippen molar-refractivity contribution in [2.24, 2.45) is 0 Å². The summed E-state index contributed by atoms with van der Waals surface area (Å²) in [5.74, 6) is 1.38. The first kappa shape index (κ1) is 19.1. The highest BCUT2D eigenvalue weighted by molar-refractivity contribution is 9.10. The van der Waals surface area contributed by atoms with Gasteiger partial charge in [0.15, 0.2) is 11.5 Å². The molecule has 4 heteroatoms. The molecule has 0 spiro atoms. The lowest BCUT2D eigenvalue weighted by atomic mass is 10.0. The highest BCUT2D eigenvalue weighted by atomic mass is 79.9. The minimum absolute atomic E-state index is 0.547. The van der Waals surface area contributed by atoms with Crippen molar-refractivity contribution in [3.8, 4) is 17.6 Å². The molecular weight excluding hydrogens is 378 g/mol. The number of allylic oxidation sites excluding steroid dienone is 1. The van der Waals surface area contributed by atoms with Crippen LogP contribution in [0.3, 0.4) is 0 Å². The van der Waals surface area contributed by atoms with Crippen molar-refractivity contribution in [2.45, 2.75) is 27.2 Å². The van der Waals surface area contributed by atoms with Gasteiger partial charge in [0.25, 0.3) is 0 Å². The van der Waals surface area contributed by atoms with Crippen LogP contribution in [-0.4, -0.2) is 13.2 Å². The largest absolute Gasteiger partial charge is 0.490 e. The van der Waals surface area contributed by atoms with E-state index in [4.69, 9.17) is 9.47 Å². The minimum atomic E-state index is 0.547. The third-order valence-electron chi connectivity index (χ3n) is 3.58. The van der Waals surface area contributed by atoms with E-state index in [-0.39, 0.29) is 0 Å². The van der Waals surface area contributed by atoms with Gasteiger partial charge >= 0.3 is 0 Å². The van der Waals surface area contributed by atoms with Gasteiger partial charge in [-0.15, -0.1) is 0 Å². The smallest absolute Gasteiger partial charge is 0.175 e. The summed E-state index contributed by atoms with van der Waals surface area (Å²) in [6, 6.07) is 14.1. The summed E-state index contributed by atoms with van der Waals surface area (Å²) in [4.78, 5) is 0. The maximum atomic E-state index is 9.54. The maximum Gasteiger partial charge on any atom is 0.175 e. The Labute approximate surface area is 158 Å². The predicted octanol–water partition coefficient (Wildman–Crippen LogP) is 6.01. The van der Waals surface area contributed by atoms with Crippen LogP contribution >= 0.6 is 15.9 Å². The van der Waals surface area contributed by atoms with Crippen LogP contribution in [-0.2, 0) is 0 Å². The minimum Gasteiger partial charge on any atom is -0.490 e. The Bertz CT molecular complexity index is 789. The quantitative estimate of drug-likeness (QED) is 0.422. The molecule has 0 aliphatic rings. The van der Waals surface area contributed by atoms with Crippen molar-refractivity contribution in [1.82, 2.24) is 0 Å². The normalized spacial score (nSPS) is 11.1. The Kier molecular flexibility index (Phi) is 7.09. The number of hydrogen-bond donors (Lipinski definition) is 0. The van der Waals surface area contributed by atoms with Gasteiger partial charge in [0, 0.05) is 0 Å². The number of hydrogen-bond acceptors (Lipinski definition) is 3. The Morgan fingerprint density at radius 3 is 2.48 bits per heavy atom. The highest BCUT2D eigenvalue weighted by Crippen LogP contribution is 2.38. The van der Waals surface area contributed by atoms with Crippen LogP contribution in [0, 0.1) is 18.3 Å². The van der Waals surface area contributed by atoms with Gasteiger partial charge in [0.05, 0.1) is 29.3 Å². The van der Waals surface area contributed by atoms with E-state index in [1.807, 2.05) is 56.3 Å². The molecule has 2 aromatic rings. The van der Waals surface area contributed by atoms with Crippen molar-refractivity contribution in [3.05, 3.63) is 57.6 Å². The number of nitriles is 1. The molecular formula is C21H22BrNO2. The van der Waals surface area contributed by atoms with Crippen LogP contribution in [0.2, 0.25) is 0 Å². The molecule has 0 N–H and O–H groups in total. The van der Waals surface area contributed by atoms with Gasteiger partial charge in [-0.25, -0.2) is 0 Å². The van der Waals surface area contributed by atoms with Crippen molar-refractivity contribution < 1.29 is 9.47 Å². The average molecular weight is 400 g/mol. The second-order valence-electron chi connectivity index (χ2n) is 5.65. The molecule has 2 rings (SSSR count). The molecule has 0 atom stereocenters. The first-order chi connectivity index (χ1) is 12.1. The third-order valence-corrected chi connectivity index (χ3v) is 4.17. The zero-order chi connectivity index (χ0) is 18.2. The van der Waals surface area contributed by atoms with E-state index >= 15 is 0 Å². The molecule has 0 unspecified atom stereocenters. The zero-order valence-electron chi connectivity index (χ0n) is 14.8. The van der Waals surface area contributed by atoms with Crippen LogP contribution in [0.15, 0.2) is 40.9 Å². The van der Waals surface area contributed by atoms with E-state index in [1.165, 1.54) is 5.56 Å². The van der Waals surface area contributed by atoms with E-state index in [9.17, 15) is 5.26 Å². The van der Waals surface area contributed by atoms with E-state index in [1.54, 1.807) is 0 Å². The summed E-state index contributed by atoms with van der Waals surface area (Å²) in [6.45, 7) is 7.20. The molecule has 0 heterocycles. The first-order valence-corrected chi connectivity index (χ1v) is 9.16. The number of rotatable bonds is 7. The van der Waals surface area contributed by atoms with E-state index in [0.717, 1.165) is 22.0 Å². The first-order valence-electron chi connectivity index (χ1n) is 8.37. The van der Waals surface area contributed by atoms with Crippen molar-refractivity contribution in [3.63, 3.8) is 0 Å². The molecule has 2 aromatic carbocycles. The Balaban J connectivity index is 2.43. The number of halogens is 1. The third kappa shape index (κ3) is 5.11. The zero-order valence-corrected chi connectivity index (χ0v) is 16.4. The fourth-order valence-electron chi connectivity index (χ4n) is 2.36. The summed E-state index contributed by atoms with van der Waals surface area (Å²) in [5.41, 5.74) is 3.56. The second-order valence-corrected chi connectivity index (χ2v) is 6.50. The van der Waals surface area contributed by atoms with Gasteiger partial charge < -0.3 is 9.47 Å². The van der Waals surface area contributed by atoms with Crippen LogP contribution in [0.1, 0.15) is 37.0 Å². The SMILES string of the molecule is CCCOc1c(Br)cc(/C=C(\C#N)c2ccc(C)cc2)cc1OCC. The van der Waals surface area contributed by atoms with Gasteiger partial charge in [-0.3, -0.25) is 0 Å². The molecule has 0 saturated heterocycles. The Hall–Kier alpha value is -2.25. The van der Waals surface area contributed by atoms with Crippen LogP contribution in [0.25, 0.3) is 11.6 Å². The highest BCUT2D eigenvalue weighted by Gasteiger charge is 2.12. The lowest BCUT2D eigenvalue weighted by Crippen LogP contribution is -2.01. The van der Waals surface area contributed by atoms with Gasteiger partial charge in [-0.1, -0.05) is 36.8 Å². The van der Waals surface area contributed by atoms with Crippen molar-refractivity contribution in [2.75, 3.05) is 13.2 Å². The van der Waals surface area contributed by atoms with Crippen LogP contribution in [0.4, 0.5) is 0 Å². The lowest BCUT2D eigenvalue weighted by molar-refractivity contribution is 0.275. The van der Waals surface area contributed by atoms with E-state index in [2.05, 4.69) is 28.9 Å². The fraction of sp³-hybridized carbons (Fsp3) is 0.286. The molecule has 0 aliphatic heterocycles. The molecule has 130 valence electrons. The standard InChI is InChI=1S/C21H22BrNO2/c1-4-10-25-21-19(22)12-16(13-20(21)24-5-2)11-18(14-23)17-8-6-15(3)7-9-17/h6-9,11-13H,4-5,10H2,1-3H3/b18-11+. The maximum absolute atomic E-state index is 9.54. The molecule has 0 amide bonds. The summed E-state index contributed by atoms with van der Waals surface area (Å²) in [6.07, 6.45) is 2.78. The van der Waals surface area contributed by atoms with Gasteiger partial charge in [-0.2, -0.15) is 5.26 Å². The lowest BCUT2D eigenvalue weighted by Gasteiger charge is -2.14. The topological polar surface area (TPSA) is 42.2 Å². The van der Waals surface area contributed by atoms with Gasteiger partial charge in [0.2, 0.25) is 0 Å². The number of benzene rings is 2. The van der Waals surface area contributed by atoms with Crippen LogP contribution < -0.4 is 9.47 Å². The summed E-state index contributed by atoms with van der Waals surface area (Å²) in [5, 5.41) is 9.54. The second kappa shape index (κ2) is 9.29. The van der Waals surface area contributed by atoms with E-state index in [0.29, 0.717) is 30.3 Å². The fourth-order valence-corrected chi connectivity index (χ4v) is 2.93. The van der Waals surface area contributed by atoms with Crippen LogP contribution in [0.5, 0.6) is 11.5 Å². The monoisotopic (exact) mass is 399 g/mol. The summed E-state index contributed by atoms with van der Waals surface area (Å²) < 4.78 is 12.3. The number of nitrogens with zero attached hydrogens (tertiary/aromatic N) is 1. The van der Waals surface area contributed by atoms with Crippen molar-refractivity contribution in [1.29, 1.82) is 5.26 Å². The van der Waals surface area contributed by atoms with Gasteiger partial charge in [-0.05, 0) is 65.5 Å². The summed E-state index contributed by atoms with van der Waals surface area (Å²) in [7, 11) is 0. The number of ether oxygens (including phenoxy) is 2. The molecule has 0 radical (unpaired) electrons. The number of aryl methyl sites for hydroxylation is 1. The molecule has 25 heavy (non-hydrogen) atoms. The molecule has 0 saturated carbocycles. The summed E-state index contributed by atoms with van der Waals surface area (Å²) >= 11 is 3.56.